The zero-order valence-electron chi connectivity index (χ0n) is 16.8. The summed E-state index contributed by atoms with van der Waals surface area (Å²) < 4.78 is 11.1. The molecule has 3 amide bonds. The smallest absolute Gasteiger partial charge is 0.312 e. The molecule has 0 atom stereocenters. The summed E-state index contributed by atoms with van der Waals surface area (Å²) in [6.07, 6.45) is 0.620. The van der Waals surface area contributed by atoms with Gasteiger partial charge in [0.05, 0.1) is 13.2 Å². The Morgan fingerprint density at radius 1 is 1.00 bits per heavy atom. The van der Waals surface area contributed by atoms with Crippen molar-refractivity contribution in [2.24, 2.45) is 0 Å². The van der Waals surface area contributed by atoms with E-state index in [9.17, 15) is 14.4 Å². The van der Waals surface area contributed by atoms with Crippen LogP contribution in [0.25, 0.3) is 0 Å². The molecule has 154 valence electrons. The van der Waals surface area contributed by atoms with E-state index in [0.29, 0.717) is 57.3 Å². The Morgan fingerprint density at radius 3 is 2.32 bits per heavy atom. The van der Waals surface area contributed by atoms with Gasteiger partial charge in [0.2, 0.25) is 5.91 Å². The Bertz CT molecular complexity index is 707. The lowest BCUT2D eigenvalue weighted by Crippen LogP contribution is -2.56. The molecule has 1 aliphatic heterocycles. The summed E-state index contributed by atoms with van der Waals surface area (Å²) in [7, 11) is 0. The Kier molecular flexibility index (Phi) is 8.10. The van der Waals surface area contributed by atoms with Crippen molar-refractivity contribution in [1.82, 2.24) is 15.1 Å². The SMILES string of the molecule is CCOc1ccc(CCNC(=O)CN2CCN(CC)C(=O)C2=O)cc1OCC. The van der Waals surface area contributed by atoms with Crippen molar-refractivity contribution in [3.05, 3.63) is 23.8 Å². The van der Waals surface area contributed by atoms with E-state index in [1.807, 2.05) is 39.0 Å². The molecular weight excluding hydrogens is 362 g/mol. The third kappa shape index (κ3) is 5.61. The monoisotopic (exact) mass is 391 g/mol. The van der Waals surface area contributed by atoms with Crippen molar-refractivity contribution in [2.75, 3.05) is 45.9 Å². The highest BCUT2D eigenvalue weighted by atomic mass is 16.5. The number of benzene rings is 1. The minimum Gasteiger partial charge on any atom is -0.490 e. The van der Waals surface area contributed by atoms with Gasteiger partial charge in [-0.1, -0.05) is 6.07 Å². The van der Waals surface area contributed by atoms with Crippen LogP contribution < -0.4 is 14.8 Å². The molecule has 1 N–H and O–H groups in total. The lowest BCUT2D eigenvalue weighted by atomic mass is 10.1. The average molecular weight is 391 g/mol. The van der Waals surface area contributed by atoms with Crippen molar-refractivity contribution in [1.29, 1.82) is 0 Å². The number of amides is 3. The molecule has 1 saturated heterocycles. The lowest BCUT2D eigenvalue weighted by molar-refractivity contribution is -0.156. The van der Waals surface area contributed by atoms with Crippen LogP contribution in [0.1, 0.15) is 26.3 Å². The first-order valence-corrected chi connectivity index (χ1v) is 9.73. The van der Waals surface area contributed by atoms with Gasteiger partial charge < -0.3 is 24.6 Å². The molecule has 0 unspecified atom stereocenters. The summed E-state index contributed by atoms with van der Waals surface area (Å²) in [5.41, 5.74) is 1.01. The van der Waals surface area contributed by atoms with Gasteiger partial charge >= 0.3 is 11.8 Å². The summed E-state index contributed by atoms with van der Waals surface area (Å²) in [6, 6.07) is 5.71. The van der Waals surface area contributed by atoms with Gasteiger partial charge in [-0.05, 0) is 44.9 Å². The van der Waals surface area contributed by atoms with Crippen molar-refractivity contribution in [3.8, 4) is 11.5 Å². The molecule has 1 aliphatic rings. The minimum atomic E-state index is -0.615. The van der Waals surface area contributed by atoms with E-state index in [0.717, 1.165) is 5.56 Å². The van der Waals surface area contributed by atoms with E-state index in [2.05, 4.69) is 5.32 Å². The predicted octanol–water partition coefficient (Wildman–Crippen LogP) is 0.833. The maximum Gasteiger partial charge on any atom is 0.312 e. The Labute approximate surface area is 165 Å². The van der Waals surface area contributed by atoms with Gasteiger partial charge in [-0.2, -0.15) is 0 Å². The molecule has 0 saturated carbocycles. The molecular formula is C20H29N3O5. The highest BCUT2D eigenvalue weighted by Gasteiger charge is 2.32. The number of carbonyl (C=O) groups is 3. The Hall–Kier alpha value is -2.77. The first kappa shape index (κ1) is 21.5. The number of nitrogens with zero attached hydrogens (tertiary/aromatic N) is 2. The van der Waals surface area contributed by atoms with Crippen molar-refractivity contribution < 1.29 is 23.9 Å². The molecule has 1 fully saturated rings. The maximum atomic E-state index is 12.1. The second kappa shape index (κ2) is 10.5. The number of rotatable bonds is 10. The van der Waals surface area contributed by atoms with Gasteiger partial charge in [0, 0.05) is 26.2 Å². The highest BCUT2D eigenvalue weighted by Crippen LogP contribution is 2.28. The average Bonchev–Trinajstić information content (AvgIpc) is 2.68. The molecule has 8 nitrogen and oxygen atoms in total. The summed E-state index contributed by atoms with van der Waals surface area (Å²) in [4.78, 5) is 38.8. The number of carbonyl (C=O) groups excluding carboxylic acids is 3. The number of likely N-dealkylation sites (N-methyl/N-ethyl adjacent to an activating group) is 1. The minimum absolute atomic E-state index is 0.102. The van der Waals surface area contributed by atoms with Crippen LogP contribution in [0.2, 0.25) is 0 Å². The Morgan fingerprint density at radius 2 is 1.64 bits per heavy atom. The number of piperazine rings is 1. The van der Waals surface area contributed by atoms with Crippen molar-refractivity contribution >= 4 is 17.7 Å². The van der Waals surface area contributed by atoms with Crippen LogP contribution in [0, 0.1) is 0 Å². The van der Waals surface area contributed by atoms with Crippen molar-refractivity contribution in [2.45, 2.75) is 27.2 Å². The summed E-state index contributed by atoms with van der Waals surface area (Å²) in [5.74, 6) is -0.0461. The van der Waals surface area contributed by atoms with Gasteiger partial charge in [-0.25, -0.2) is 0 Å². The normalized spacial score (nSPS) is 14.2. The van der Waals surface area contributed by atoms with Crippen LogP contribution >= 0.6 is 0 Å². The van der Waals surface area contributed by atoms with E-state index in [1.165, 1.54) is 9.80 Å². The Balaban J connectivity index is 1.83. The van der Waals surface area contributed by atoms with E-state index in [4.69, 9.17) is 9.47 Å². The highest BCUT2D eigenvalue weighted by molar-refractivity contribution is 6.35. The number of nitrogens with one attached hydrogen (secondary N) is 1. The molecule has 0 aromatic heterocycles. The predicted molar refractivity (Wildman–Crippen MR) is 104 cm³/mol. The van der Waals surface area contributed by atoms with Gasteiger partial charge in [-0.3, -0.25) is 14.4 Å². The largest absolute Gasteiger partial charge is 0.490 e. The fourth-order valence-corrected chi connectivity index (χ4v) is 2.99. The van der Waals surface area contributed by atoms with Gasteiger partial charge in [-0.15, -0.1) is 0 Å². The number of hydrogen-bond acceptors (Lipinski definition) is 5. The first-order chi connectivity index (χ1) is 13.5. The van der Waals surface area contributed by atoms with E-state index in [-0.39, 0.29) is 12.5 Å². The molecule has 0 spiro atoms. The molecule has 0 aliphatic carbocycles. The van der Waals surface area contributed by atoms with Crippen LogP contribution in [0.15, 0.2) is 18.2 Å². The van der Waals surface area contributed by atoms with Gasteiger partial charge in [0.1, 0.15) is 6.54 Å². The lowest BCUT2D eigenvalue weighted by Gasteiger charge is -2.32. The van der Waals surface area contributed by atoms with Crippen LogP contribution in [0.5, 0.6) is 11.5 Å². The third-order valence-electron chi connectivity index (χ3n) is 4.46. The van der Waals surface area contributed by atoms with E-state index < -0.39 is 11.8 Å². The maximum absolute atomic E-state index is 12.1. The van der Waals surface area contributed by atoms with Gasteiger partial charge in [0.25, 0.3) is 0 Å². The zero-order valence-corrected chi connectivity index (χ0v) is 16.8. The summed E-state index contributed by atoms with van der Waals surface area (Å²) in [6.45, 7) is 8.41. The second-order valence-corrected chi connectivity index (χ2v) is 6.36. The standard InChI is InChI=1S/C20H29N3O5/c1-4-22-11-12-23(20(26)19(22)25)14-18(24)21-10-9-15-7-8-16(27-5-2)17(13-15)28-6-3/h7-8,13H,4-6,9-12,14H2,1-3H3,(H,21,24). The number of hydrogen-bond donors (Lipinski definition) is 1. The quantitative estimate of drug-likeness (QED) is 0.597. The third-order valence-corrected chi connectivity index (χ3v) is 4.46. The van der Waals surface area contributed by atoms with Crippen LogP contribution in [0.3, 0.4) is 0 Å². The first-order valence-electron chi connectivity index (χ1n) is 9.73. The molecule has 0 bridgehead atoms. The molecule has 28 heavy (non-hydrogen) atoms. The van der Waals surface area contributed by atoms with E-state index >= 15 is 0 Å². The summed E-state index contributed by atoms with van der Waals surface area (Å²) >= 11 is 0. The van der Waals surface area contributed by atoms with Crippen molar-refractivity contribution in [3.63, 3.8) is 0 Å². The fraction of sp³-hybridized carbons (Fsp3) is 0.550. The van der Waals surface area contributed by atoms with E-state index in [1.54, 1.807) is 0 Å². The second-order valence-electron chi connectivity index (χ2n) is 6.36. The van der Waals surface area contributed by atoms with Crippen LogP contribution in [-0.4, -0.2) is 73.5 Å². The summed E-state index contributed by atoms with van der Waals surface area (Å²) in [5, 5.41) is 2.80. The molecule has 2 rings (SSSR count). The molecule has 1 heterocycles. The molecule has 1 aromatic rings. The topological polar surface area (TPSA) is 88.2 Å². The zero-order chi connectivity index (χ0) is 20.5. The fourth-order valence-electron chi connectivity index (χ4n) is 2.99. The van der Waals surface area contributed by atoms with Gasteiger partial charge in [0.15, 0.2) is 11.5 Å². The number of ether oxygens (including phenoxy) is 2. The molecule has 0 radical (unpaired) electrons. The van der Waals surface area contributed by atoms with Crippen LogP contribution in [-0.2, 0) is 20.8 Å². The molecule has 8 heteroatoms. The molecule has 1 aromatic carbocycles. The van der Waals surface area contributed by atoms with Crippen LogP contribution in [0.4, 0.5) is 0 Å².